The molecule has 21 heavy (non-hydrogen) atoms. The highest BCUT2D eigenvalue weighted by molar-refractivity contribution is 8.00. The van der Waals surface area contributed by atoms with Crippen molar-refractivity contribution in [2.45, 2.75) is 23.4 Å². The van der Waals surface area contributed by atoms with E-state index in [9.17, 15) is 18.3 Å². The number of alkyl halides is 3. The second kappa shape index (κ2) is 6.30. The van der Waals surface area contributed by atoms with Crippen LogP contribution in [0.4, 0.5) is 18.9 Å². The average molecular weight is 313 g/mol. The van der Waals surface area contributed by atoms with Crippen LogP contribution < -0.4 is 5.32 Å². The van der Waals surface area contributed by atoms with Crippen LogP contribution >= 0.6 is 11.8 Å². The topological polar surface area (TPSA) is 32.3 Å². The fraction of sp³-hybridized carbons (Fsp3) is 0.200. The maximum absolute atomic E-state index is 12.2. The molecule has 2 rings (SSSR count). The Morgan fingerprint density at radius 1 is 1.10 bits per heavy atom. The maximum Gasteiger partial charge on any atom is 0.446 e. The number of phenolic OH excluding ortho intramolecular Hbond substituents is 1. The lowest BCUT2D eigenvalue weighted by Crippen LogP contribution is -2.06. The Morgan fingerprint density at radius 2 is 1.76 bits per heavy atom. The van der Waals surface area contributed by atoms with Crippen LogP contribution in [0.2, 0.25) is 0 Å². The molecule has 2 aromatic rings. The first-order valence-electron chi connectivity index (χ1n) is 6.25. The third-order valence-corrected chi connectivity index (χ3v) is 3.58. The van der Waals surface area contributed by atoms with E-state index in [1.54, 1.807) is 30.3 Å². The number of hydrogen-bond acceptors (Lipinski definition) is 3. The molecule has 6 heteroatoms. The minimum Gasteiger partial charge on any atom is -0.508 e. The number of hydrogen-bond donors (Lipinski definition) is 2. The van der Waals surface area contributed by atoms with Gasteiger partial charge in [0.2, 0.25) is 0 Å². The van der Waals surface area contributed by atoms with Gasteiger partial charge in [0.25, 0.3) is 0 Å². The molecule has 0 aliphatic heterocycles. The molecule has 0 aromatic heterocycles. The number of phenols is 1. The standard InChI is InChI=1S/C15H14F3NOS/c1-10(11-3-2-4-13(20)9-11)19-12-5-7-14(8-6-12)21-15(16,17)18/h2-10,19-20H,1H3. The van der Waals surface area contributed by atoms with Gasteiger partial charge in [0, 0.05) is 16.6 Å². The van der Waals surface area contributed by atoms with E-state index in [1.807, 2.05) is 13.0 Å². The van der Waals surface area contributed by atoms with Crippen molar-refractivity contribution in [2.75, 3.05) is 5.32 Å². The van der Waals surface area contributed by atoms with E-state index in [1.165, 1.54) is 12.1 Å². The molecule has 0 saturated carbocycles. The third-order valence-electron chi connectivity index (χ3n) is 2.84. The van der Waals surface area contributed by atoms with Gasteiger partial charge >= 0.3 is 5.51 Å². The molecule has 0 fully saturated rings. The summed E-state index contributed by atoms with van der Waals surface area (Å²) >= 11 is -0.134. The number of nitrogens with one attached hydrogen (secondary N) is 1. The van der Waals surface area contributed by atoms with Crippen LogP contribution in [-0.4, -0.2) is 10.6 Å². The van der Waals surface area contributed by atoms with Crippen LogP contribution in [0.15, 0.2) is 53.4 Å². The number of halogens is 3. The molecule has 0 aliphatic carbocycles. The van der Waals surface area contributed by atoms with E-state index in [2.05, 4.69) is 5.32 Å². The zero-order chi connectivity index (χ0) is 15.5. The largest absolute Gasteiger partial charge is 0.508 e. The minimum absolute atomic E-state index is 0.0711. The molecule has 2 aromatic carbocycles. The van der Waals surface area contributed by atoms with Crippen LogP contribution in [0.25, 0.3) is 0 Å². The summed E-state index contributed by atoms with van der Waals surface area (Å²) < 4.78 is 36.7. The highest BCUT2D eigenvalue weighted by Crippen LogP contribution is 2.37. The summed E-state index contributed by atoms with van der Waals surface area (Å²) in [5.41, 5.74) is -2.66. The summed E-state index contributed by atoms with van der Waals surface area (Å²) in [6, 6.07) is 12.8. The normalized spacial score (nSPS) is 13.0. The van der Waals surface area contributed by atoms with Gasteiger partial charge in [-0.05, 0) is 60.6 Å². The van der Waals surface area contributed by atoms with Crippen molar-refractivity contribution in [1.29, 1.82) is 0 Å². The van der Waals surface area contributed by atoms with Crippen molar-refractivity contribution >= 4 is 17.4 Å². The molecular formula is C15H14F3NOS. The van der Waals surface area contributed by atoms with Gasteiger partial charge in [-0.15, -0.1) is 0 Å². The molecule has 0 radical (unpaired) electrons. The fourth-order valence-corrected chi connectivity index (χ4v) is 2.42. The Labute approximate surface area is 125 Å². The van der Waals surface area contributed by atoms with E-state index in [0.717, 1.165) is 11.3 Å². The molecule has 0 aliphatic rings. The highest BCUT2D eigenvalue weighted by Gasteiger charge is 2.28. The Kier molecular flexibility index (Phi) is 4.67. The van der Waals surface area contributed by atoms with E-state index in [4.69, 9.17) is 0 Å². The zero-order valence-corrected chi connectivity index (χ0v) is 12.0. The molecular weight excluding hydrogens is 299 g/mol. The van der Waals surface area contributed by atoms with Gasteiger partial charge in [0.1, 0.15) is 5.75 Å². The van der Waals surface area contributed by atoms with Gasteiger partial charge in [0.15, 0.2) is 0 Å². The molecule has 0 amide bonds. The molecule has 1 atom stereocenters. The summed E-state index contributed by atoms with van der Waals surface area (Å²) in [5, 5.41) is 12.6. The van der Waals surface area contributed by atoms with Crippen LogP contribution in [0.5, 0.6) is 5.75 Å². The van der Waals surface area contributed by atoms with E-state index >= 15 is 0 Å². The van der Waals surface area contributed by atoms with Gasteiger partial charge in [-0.2, -0.15) is 13.2 Å². The summed E-state index contributed by atoms with van der Waals surface area (Å²) in [4.78, 5) is 0.151. The lowest BCUT2D eigenvalue weighted by molar-refractivity contribution is -0.0328. The second-order valence-corrected chi connectivity index (χ2v) is 5.67. The van der Waals surface area contributed by atoms with Gasteiger partial charge in [-0.25, -0.2) is 0 Å². The van der Waals surface area contributed by atoms with Gasteiger partial charge in [-0.1, -0.05) is 12.1 Å². The fourth-order valence-electron chi connectivity index (χ4n) is 1.88. The third kappa shape index (κ3) is 4.90. The second-order valence-electron chi connectivity index (χ2n) is 4.53. The molecule has 0 heterocycles. The molecule has 1 unspecified atom stereocenters. The van der Waals surface area contributed by atoms with Crippen molar-refractivity contribution in [3.05, 3.63) is 54.1 Å². The first kappa shape index (κ1) is 15.6. The number of thioether (sulfide) groups is 1. The first-order valence-corrected chi connectivity index (χ1v) is 7.06. The molecule has 2 nitrogen and oxygen atoms in total. The van der Waals surface area contributed by atoms with Crippen LogP contribution in [0, 0.1) is 0 Å². The van der Waals surface area contributed by atoms with Crippen molar-refractivity contribution in [3.8, 4) is 5.75 Å². The predicted octanol–water partition coefficient (Wildman–Crippen LogP) is 5.18. The van der Waals surface area contributed by atoms with Crippen LogP contribution in [0.1, 0.15) is 18.5 Å². The van der Waals surface area contributed by atoms with Gasteiger partial charge in [-0.3, -0.25) is 0 Å². The zero-order valence-electron chi connectivity index (χ0n) is 11.2. The van der Waals surface area contributed by atoms with E-state index < -0.39 is 5.51 Å². The van der Waals surface area contributed by atoms with Crippen molar-refractivity contribution in [1.82, 2.24) is 0 Å². The van der Waals surface area contributed by atoms with E-state index in [-0.39, 0.29) is 28.4 Å². The minimum atomic E-state index is -4.27. The van der Waals surface area contributed by atoms with Gasteiger partial charge < -0.3 is 10.4 Å². The Morgan fingerprint density at radius 3 is 2.33 bits per heavy atom. The Bertz CT molecular complexity index is 599. The number of rotatable bonds is 4. The molecule has 0 bridgehead atoms. The quantitative estimate of drug-likeness (QED) is 0.763. The summed E-state index contributed by atoms with van der Waals surface area (Å²) in [6.45, 7) is 1.91. The van der Waals surface area contributed by atoms with Crippen LogP contribution in [-0.2, 0) is 0 Å². The summed E-state index contributed by atoms with van der Waals surface area (Å²) in [6.07, 6.45) is 0. The molecule has 2 N–H and O–H groups in total. The lowest BCUT2D eigenvalue weighted by atomic mass is 10.1. The maximum atomic E-state index is 12.2. The number of aromatic hydroxyl groups is 1. The monoisotopic (exact) mass is 313 g/mol. The van der Waals surface area contributed by atoms with Crippen molar-refractivity contribution in [3.63, 3.8) is 0 Å². The van der Waals surface area contributed by atoms with Gasteiger partial charge in [0.05, 0.1) is 0 Å². The summed E-state index contributed by atoms with van der Waals surface area (Å²) in [7, 11) is 0. The number of benzene rings is 2. The van der Waals surface area contributed by atoms with E-state index in [0.29, 0.717) is 0 Å². The summed E-state index contributed by atoms with van der Waals surface area (Å²) in [5.74, 6) is 0.179. The van der Waals surface area contributed by atoms with Crippen LogP contribution in [0.3, 0.4) is 0 Å². The average Bonchev–Trinajstić information content (AvgIpc) is 2.39. The Balaban J connectivity index is 2.03. The highest BCUT2D eigenvalue weighted by atomic mass is 32.2. The number of anilines is 1. The Hall–Kier alpha value is -1.82. The smallest absolute Gasteiger partial charge is 0.446 e. The molecule has 0 spiro atoms. The lowest BCUT2D eigenvalue weighted by Gasteiger charge is -2.16. The molecule has 112 valence electrons. The predicted molar refractivity (Wildman–Crippen MR) is 78.5 cm³/mol. The molecule has 0 saturated heterocycles. The SMILES string of the molecule is CC(Nc1ccc(SC(F)(F)F)cc1)c1cccc(O)c1. The first-order chi connectivity index (χ1) is 9.83. The van der Waals surface area contributed by atoms with Crippen molar-refractivity contribution in [2.24, 2.45) is 0 Å². The van der Waals surface area contributed by atoms with Crippen molar-refractivity contribution < 1.29 is 18.3 Å².